The number of carbonyl (C=O) groups is 1. The molecular formula is C21H24ClFN4O3S. The van der Waals surface area contributed by atoms with E-state index in [1.807, 2.05) is 13.8 Å². The molecule has 3 aromatic rings. The Hall–Kier alpha value is -2.62. The molecule has 0 spiro atoms. The fraction of sp³-hybridized carbons (Fsp3) is 0.286. The second-order valence-corrected chi connectivity index (χ2v) is 7.83. The van der Waals surface area contributed by atoms with Gasteiger partial charge in [-0.15, -0.1) is 17.7 Å². The summed E-state index contributed by atoms with van der Waals surface area (Å²) in [4.78, 5) is 22.7. The van der Waals surface area contributed by atoms with E-state index in [1.165, 1.54) is 6.07 Å². The summed E-state index contributed by atoms with van der Waals surface area (Å²) in [6, 6.07) is 7.42. The number of aromatic amines is 1. The second-order valence-electron chi connectivity index (χ2n) is 6.91. The summed E-state index contributed by atoms with van der Waals surface area (Å²) in [5.74, 6) is -1.44. The number of rotatable bonds is 4. The lowest BCUT2D eigenvalue weighted by Crippen LogP contribution is -2.20. The number of nitrogens with one attached hydrogen (secondary N) is 2. The van der Waals surface area contributed by atoms with Crippen LogP contribution in [-0.2, 0) is 0 Å². The summed E-state index contributed by atoms with van der Waals surface area (Å²) in [7, 11) is 1.57. The van der Waals surface area contributed by atoms with E-state index in [-0.39, 0.29) is 23.5 Å². The number of aromatic nitrogens is 2. The maximum atomic E-state index is 14.0. The molecule has 3 rings (SSSR count). The molecule has 2 atom stereocenters. The van der Waals surface area contributed by atoms with Gasteiger partial charge in [0.1, 0.15) is 5.82 Å². The van der Waals surface area contributed by atoms with Crippen molar-refractivity contribution in [3.05, 3.63) is 79.9 Å². The van der Waals surface area contributed by atoms with E-state index in [0.717, 1.165) is 11.1 Å². The smallest absolute Gasteiger partial charge is 0.391 e. The molecule has 0 aliphatic rings. The molecule has 4 N–H and O–H groups in total. The van der Waals surface area contributed by atoms with Gasteiger partial charge >= 0.3 is 5.76 Å². The van der Waals surface area contributed by atoms with Gasteiger partial charge in [0.05, 0.1) is 11.6 Å². The molecule has 0 bridgehead atoms. The highest BCUT2D eigenvalue weighted by Crippen LogP contribution is 2.32. The maximum Gasteiger partial charge on any atom is 0.434 e. The Morgan fingerprint density at radius 3 is 2.58 bits per heavy atom. The fourth-order valence-electron chi connectivity index (χ4n) is 2.97. The third kappa shape index (κ3) is 5.96. The van der Waals surface area contributed by atoms with E-state index in [0.29, 0.717) is 21.0 Å². The number of benzene rings is 2. The number of nitrogens with zero attached hydrogens (tertiary/aromatic N) is 1. The molecule has 166 valence electrons. The fourth-order valence-corrected chi connectivity index (χ4v) is 3.38. The van der Waals surface area contributed by atoms with Gasteiger partial charge in [-0.1, -0.05) is 24.6 Å². The summed E-state index contributed by atoms with van der Waals surface area (Å²) in [6.07, 6.45) is 0. The molecule has 0 saturated heterocycles. The molecular weight excluding hydrogens is 443 g/mol. The quantitative estimate of drug-likeness (QED) is 0.435. The molecule has 7 nitrogen and oxygen atoms in total. The number of hydrogen-bond acceptors (Lipinski definition) is 6. The lowest BCUT2D eigenvalue weighted by molar-refractivity contribution is 0.0960. The van der Waals surface area contributed by atoms with Crippen LogP contribution >= 0.6 is 24.2 Å². The zero-order valence-corrected chi connectivity index (χ0v) is 19.1. The number of nitrogens with two attached hydrogens (primary N) is 1. The molecule has 0 fully saturated rings. The number of thiol groups is 1. The third-order valence-corrected chi connectivity index (χ3v) is 5.52. The van der Waals surface area contributed by atoms with Crippen molar-refractivity contribution in [3.8, 4) is 0 Å². The van der Waals surface area contributed by atoms with Crippen LogP contribution in [0.15, 0.2) is 44.4 Å². The molecule has 1 amide bonds. The van der Waals surface area contributed by atoms with Crippen molar-refractivity contribution in [3.63, 3.8) is 0 Å². The van der Waals surface area contributed by atoms with Crippen LogP contribution in [0, 0.1) is 19.7 Å². The van der Waals surface area contributed by atoms with Gasteiger partial charge < -0.3 is 15.5 Å². The molecule has 1 aromatic heterocycles. The molecule has 10 heteroatoms. The predicted molar refractivity (Wildman–Crippen MR) is 120 cm³/mol. The van der Waals surface area contributed by atoms with Crippen molar-refractivity contribution in [2.45, 2.75) is 37.6 Å². The first-order valence-electron chi connectivity index (χ1n) is 9.34. The van der Waals surface area contributed by atoms with E-state index in [1.54, 1.807) is 38.2 Å². The van der Waals surface area contributed by atoms with Gasteiger partial charge in [-0.3, -0.25) is 4.79 Å². The van der Waals surface area contributed by atoms with Crippen LogP contribution in [0.1, 0.15) is 51.8 Å². The van der Waals surface area contributed by atoms with E-state index in [9.17, 15) is 14.0 Å². The Balaban J connectivity index is 0.000000245. The second kappa shape index (κ2) is 10.6. The Labute approximate surface area is 189 Å². The average molecular weight is 467 g/mol. The Morgan fingerprint density at radius 2 is 2.00 bits per heavy atom. The number of hydrogen-bond donors (Lipinski definition) is 4. The zero-order valence-electron chi connectivity index (χ0n) is 17.5. The standard InChI is InChI=1S/C13H16FN3O2.C8H8ClNOS/c1-6-4-5-9(14)10(7(6)2)8(3)11(15)12-16-17-13(18)19-12;1-10-8(11)6-4-5(9)2-3-7(6)12/h4-5,8,11H,15H2,1-3H3,(H,17,18);2-4,12H,1H3,(H,10,11). The Morgan fingerprint density at radius 1 is 1.32 bits per heavy atom. The molecule has 0 radical (unpaired) electrons. The normalized spacial score (nSPS) is 12.5. The highest BCUT2D eigenvalue weighted by molar-refractivity contribution is 7.80. The summed E-state index contributed by atoms with van der Waals surface area (Å²) in [5.41, 5.74) is 8.84. The van der Waals surface area contributed by atoms with Crippen LogP contribution in [0.3, 0.4) is 0 Å². The lowest BCUT2D eigenvalue weighted by Gasteiger charge is -2.20. The van der Waals surface area contributed by atoms with Gasteiger partial charge in [0.25, 0.3) is 5.91 Å². The van der Waals surface area contributed by atoms with Gasteiger partial charge in [-0.05, 0) is 54.8 Å². The van der Waals surface area contributed by atoms with Crippen LogP contribution in [0.5, 0.6) is 0 Å². The summed E-state index contributed by atoms with van der Waals surface area (Å²) < 4.78 is 18.8. The van der Waals surface area contributed by atoms with Crippen molar-refractivity contribution in [2.75, 3.05) is 7.05 Å². The van der Waals surface area contributed by atoms with E-state index < -0.39 is 11.8 Å². The molecule has 1 heterocycles. The lowest BCUT2D eigenvalue weighted by atomic mass is 9.88. The first kappa shape index (κ1) is 24.6. The largest absolute Gasteiger partial charge is 0.434 e. The zero-order chi connectivity index (χ0) is 23.3. The van der Waals surface area contributed by atoms with Gasteiger partial charge in [0, 0.05) is 22.9 Å². The van der Waals surface area contributed by atoms with Gasteiger partial charge in [-0.25, -0.2) is 14.3 Å². The highest BCUT2D eigenvalue weighted by atomic mass is 35.5. The predicted octanol–water partition coefficient (Wildman–Crippen LogP) is 3.91. The van der Waals surface area contributed by atoms with Crippen molar-refractivity contribution < 1.29 is 13.6 Å². The molecule has 2 aromatic carbocycles. The number of amides is 1. The van der Waals surface area contributed by atoms with Crippen molar-refractivity contribution in [1.82, 2.24) is 15.5 Å². The molecule has 0 aliphatic heterocycles. The van der Waals surface area contributed by atoms with Gasteiger partial charge in [0.2, 0.25) is 5.89 Å². The first-order chi connectivity index (χ1) is 14.6. The minimum atomic E-state index is -0.686. The van der Waals surface area contributed by atoms with Gasteiger partial charge in [-0.2, -0.15) is 0 Å². The van der Waals surface area contributed by atoms with Crippen LogP contribution < -0.4 is 16.8 Å². The van der Waals surface area contributed by atoms with Crippen LogP contribution in [0.2, 0.25) is 5.02 Å². The van der Waals surface area contributed by atoms with Gasteiger partial charge in [0.15, 0.2) is 0 Å². The number of H-pyrrole nitrogens is 1. The summed E-state index contributed by atoms with van der Waals surface area (Å²) in [5, 5.41) is 8.88. The monoisotopic (exact) mass is 466 g/mol. The van der Waals surface area contributed by atoms with Crippen molar-refractivity contribution >= 4 is 30.1 Å². The van der Waals surface area contributed by atoms with E-state index in [2.05, 4.69) is 28.1 Å². The molecule has 0 saturated carbocycles. The number of carbonyl (C=O) groups excluding carboxylic acids is 1. The summed E-state index contributed by atoms with van der Waals surface area (Å²) >= 11 is 9.82. The molecule has 2 unspecified atom stereocenters. The van der Waals surface area contributed by atoms with Crippen LogP contribution in [0.4, 0.5) is 4.39 Å². The van der Waals surface area contributed by atoms with E-state index in [4.69, 9.17) is 21.8 Å². The summed E-state index contributed by atoms with van der Waals surface area (Å²) in [6.45, 7) is 5.53. The molecule has 0 aliphatic carbocycles. The number of aryl methyl sites for hydroxylation is 1. The number of halogens is 2. The maximum absolute atomic E-state index is 14.0. The highest BCUT2D eigenvalue weighted by Gasteiger charge is 2.25. The SMILES string of the molecule is CNC(=O)c1cc(Cl)ccc1S.Cc1ccc(F)c(C(C)C(N)c2n[nH]c(=O)o2)c1C. The minimum absolute atomic E-state index is 0.0813. The van der Waals surface area contributed by atoms with E-state index >= 15 is 0 Å². The molecule has 31 heavy (non-hydrogen) atoms. The first-order valence-corrected chi connectivity index (χ1v) is 10.2. The topological polar surface area (TPSA) is 114 Å². The minimum Gasteiger partial charge on any atom is -0.391 e. The van der Waals surface area contributed by atoms with Crippen molar-refractivity contribution in [2.24, 2.45) is 5.73 Å². The van der Waals surface area contributed by atoms with Crippen molar-refractivity contribution in [1.29, 1.82) is 0 Å². The van der Waals surface area contributed by atoms with Crippen LogP contribution in [-0.4, -0.2) is 23.2 Å². The third-order valence-electron chi connectivity index (χ3n) is 4.90. The average Bonchev–Trinajstić information content (AvgIpc) is 3.18. The Bertz CT molecular complexity index is 1130. The Kier molecular flexibility index (Phi) is 8.43. The van der Waals surface area contributed by atoms with Crippen LogP contribution in [0.25, 0.3) is 0 Å².